The first-order valence-electron chi connectivity index (χ1n) is 12.5. The molecule has 2 amide bonds. The van der Waals surface area contributed by atoms with Crippen LogP contribution in [-0.2, 0) is 16.6 Å². The van der Waals surface area contributed by atoms with E-state index in [1.165, 1.54) is 0 Å². The smallest absolute Gasteiger partial charge is 0.224 e. The van der Waals surface area contributed by atoms with Crippen molar-refractivity contribution in [1.82, 2.24) is 19.6 Å². The van der Waals surface area contributed by atoms with Crippen molar-refractivity contribution in [2.45, 2.75) is 45.1 Å². The number of hydrogen-bond donors (Lipinski definition) is 1. The fraction of sp³-hybridized carbons (Fsp3) is 0.577. The van der Waals surface area contributed by atoms with Gasteiger partial charge in [0.2, 0.25) is 11.8 Å². The van der Waals surface area contributed by atoms with Crippen molar-refractivity contribution < 1.29 is 14.3 Å². The Morgan fingerprint density at radius 3 is 2.65 bits per heavy atom. The van der Waals surface area contributed by atoms with E-state index in [-0.39, 0.29) is 11.8 Å². The second-order valence-electron chi connectivity index (χ2n) is 10.0. The average Bonchev–Trinajstić information content (AvgIpc) is 3.27. The Bertz CT molecular complexity index is 1040. The maximum absolute atomic E-state index is 12.9. The van der Waals surface area contributed by atoms with Gasteiger partial charge in [-0.1, -0.05) is 6.07 Å². The van der Waals surface area contributed by atoms with Gasteiger partial charge in [-0.3, -0.25) is 19.2 Å². The van der Waals surface area contributed by atoms with Crippen LogP contribution >= 0.6 is 0 Å². The normalized spacial score (nSPS) is 24.5. The van der Waals surface area contributed by atoms with E-state index in [4.69, 9.17) is 4.74 Å². The van der Waals surface area contributed by atoms with Crippen LogP contribution in [0.5, 0.6) is 5.75 Å². The zero-order valence-electron chi connectivity index (χ0n) is 20.2. The molecule has 8 heteroatoms. The SMILES string of the molecule is CC(=O)N1CCC(N2CC[C@H]3CC(=O)Nc4ccc(-c5cnn(C)c5)cc4OCC[C@H]3C2)CC1. The lowest BCUT2D eigenvalue weighted by molar-refractivity contribution is -0.130. The van der Waals surface area contributed by atoms with Crippen molar-refractivity contribution in [3.05, 3.63) is 30.6 Å². The zero-order valence-corrected chi connectivity index (χ0v) is 20.2. The second-order valence-corrected chi connectivity index (χ2v) is 10.0. The number of benzene rings is 1. The topological polar surface area (TPSA) is 79.7 Å². The summed E-state index contributed by atoms with van der Waals surface area (Å²) in [7, 11) is 1.90. The van der Waals surface area contributed by atoms with Crippen LogP contribution < -0.4 is 10.1 Å². The van der Waals surface area contributed by atoms with Crippen LogP contribution in [0.1, 0.15) is 39.0 Å². The van der Waals surface area contributed by atoms with Crippen LogP contribution in [0.3, 0.4) is 0 Å². The molecule has 1 N–H and O–H groups in total. The minimum absolute atomic E-state index is 0.0686. The summed E-state index contributed by atoms with van der Waals surface area (Å²) in [5.74, 6) is 1.79. The Balaban J connectivity index is 1.27. The minimum atomic E-state index is 0.0686. The summed E-state index contributed by atoms with van der Waals surface area (Å²) in [5.41, 5.74) is 2.79. The second kappa shape index (κ2) is 9.78. The zero-order chi connectivity index (χ0) is 23.7. The van der Waals surface area contributed by atoms with Crippen LogP contribution in [0.15, 0.2) is 30.6 Å². The number of hydrogen-bond acceptors (Lipinski definition) is 5. The summed E-state index contributed by atoms with van der Waals surface area (Å²) < 4.78 is 8.03. The van der Waals surface area contributed by atoms with Crippen molar-refractivity contribution in [1.29, 1.82) is 0 Å². The molecule has 0 saturated carbocycles. The molecule has 0 aliphatic carbocycles. The van der Waals surface area contributed by atoms with Gasteiger partial charge in [0.1, 0.15) is 5.75 Å². The first-order valence-corrected chi connectivity index (χ1v) is 12.5. The summed E-state index contributed by atoms with van der Waals surface area (Å²) in [6.45, 7) is 6.05. The molecule has 3 aliphatic heterocycles. The summed E-state index contributed by atoms with van der Waals surface area (Å²) in [6.07, 6.45) is 8.43. The Labute approximate surface area is 201 Å². The van der Waals surface area contributed by atoms with E-state index in [1.54, 1.807) is 11.6 Å². The van der Waals surface area contributed by atoms with Crippen molar-refractivity contribution in [2.75, 3.05) is 38.1 Å². The van der Waals surface area contributed by atoms with E-state index in [9.17, 15) is 9.59 Å². The number of aromatic nitrogens is 2. The molecule has 5 rings (SSSR count). The molecule has 2 atom stereocenters. The fourth-order valence-corrected chi connectivity index (χ4v) is 5.84. The average molecular weight is 466 g/mol. The Morgan fingerprint density at radius 2 is 1.91 bits per heavy atom. The van der Waals surface area contributed by atoms with Crippen molar-refractivity contribution >= 4 is 17.5 Å². The third-order valence-electron chi connectivity index (χ3n) is 7.84. The van der Waals surface area contributed by atoms with Crippen LogP contribution in [0.25, 0.3) is 11.1 Å². The number of carbonyl (C=O) groups excluding carboxylic acids is 2. The molecule has 3 aliphatic rings. The van der Waals surface area contributed by atoms with Gasteiger partial charge in [0, 0.05) is 57.8 Å². The highest BCUT2D eigenvalue weighted by Gasteiger charge is 2.35. The molecule has 1 aromatic heterocycles. The first kappa shape index (κ1) is 22.9. The number of ether oxygens (including phenoxy) is 1. The predicted octanol–water partition coefficient (Wildman–Crippen LogP) is 3.15. The van der Waals surface area contributed by atoms with E-state index >= 15 is 0 Å². The molecule has 4 heterocycles. The quantitative estimate of drug-likeness (QED) is 0.737. The number of nitrogens with one attached hydrogen (secondary N) is 1. The lowest BCUT2D eigenvalue weighted by Crippen LogP contribution is -2.51. The molecular formula is C26H35N5O3. The number of amides is 2. The number of carbonyl (C=O) groups is 2. The maximum Gasteiger partial charge on any atom is 0.224 e. The standard InChI is InChI=1S/C26H35N5O3/c1-18(32)30-10-6-23(7-11-30)31-9-5-20-14-26(33)28-24-4-3-19(22-15-27-29(2)16-22)13-25(24)34-12-8-21(20)17-31/h3-4,13,15-16,20-21,23H,5-12,14,17H2,1-2H3,(H,28,33)/t20-,21-/m0/s1. The molecule has 0 bridgehead atoms. The van der Waals surface area contributed by atoms with Gasteiger partial charge in [-0.25, -0.2) is 0 Å². The van der Waals surface area contributed by atoms with Gasteiger partial charge >= 0.3 is 0 Å². The molecule has 34 heavy (non-hydrogen) atoms. The lowest BCUT2D eigenvalue weighted by Gasteiger charge is -2.45. The monoisotopic (exact) mass is 465 g/mol. The summed E-state index contributed by atoms with van der Waals surface area (Å²) >= 11 is 0. The molecule has 2 aromatic rings. The van der Waals surface area contributed by atoms with Gasteiger partial charge in [0.15, 0.2) is 0 Å². The Hall–Kier alpha value is -2.87. The summed E-state index contributed by atoms with van der Waals surface area (Å²) in [6, 6.07) is 6.47. The van der Waals surface area contributed by atoms with Gasteiger partial charge in [-0.05, 0) is 61.8 Å². The number of anilines is 1. The maximum atomic E-state index is 12.9. The Morgan fingerprint density at radius 1 is 1.09 bits per heavy atom. The van der Waals surface area contributed by atoms with Crippen molar-refractivity contribution in [3.63, 3.8) is 0 Å². The van der Waals surface area contributed by atoms with Crippen molar-refractivity contribution in [3.8, 4) is 16.9 Å². The van der Waals surface area contributed by atoms with Crippen LogP contribution in [0, 0.1) is 11.8 Å². The van der Waals surface area contributed by atoms with Gasteiger partial charge in [-0.2, -0.15) is 5.10 Å². The van der Waals surface area contributed by atoms with Gasteiger partial charge in [0.05, 0.1) is 18.5 Å². The number of likely N-dealkylation sites (tertiary alicyclic amines) is 2. The molecule has 1 aromatic carbocycles. The highest BCUT2D eigenvalue weighted by atomic mass is 16.5. The van der Waals surface area contributed by atoms with E-state index < -0.39 is 0 Å². The highest BCUT2D eigenvalue weighted by molar-refractivity contribution is 5.93. The highest BCUT2D eigenvalue weighted by Crippen LogP contribution is 2.36. The van der Waals surface area contributed by atoms with Gasteiger partial charge < -0.3 is 15.0 Å². The molecule has 182 valence electrons. The van der Waals surface area contributed by atoms with E-state index in [2.05, 4.69) is 15.3 Å². The van der Waals surface area contributed by atoms with Gasteiger partial charge in [-0.15, -0.1) is 0 Å². The molecule has 2 saturated heterocycles. The number of aryl methyl sites for hydroxylation is 1. The van der Waals surface area contributed by atoms with Crippen LogP contribution in [0.2, 0.25) is 0 Å². The number of piperidine rings is 2. The van der Waals surface area contributed by atoms with E-state index in [0.717, 1.165) is 74.4 Å². The first-order chi connectivity index (χ1) is 16.5. The minimum Gasteiger partial charge on any atom is -0.491 e. The van der Waals surface area contributed by atoms with E-state index in [1.807, 2.05) is 42.5 Å². The summed E-state index contributed by atoms with van der Waals surface area (Å²) in [4.78, 5) is 29.2. The molecule has 0 spiro atoms. The third-order valence-corrected chi connectivity index (χ3v) is 7.84. The molecular weight excluding hydrogens is 430 g/mol. The van der Waals surface area contributed by atoms with Crippen LogP contribution in [0.4, 0.5) is 5.69 Å². The third kappa shape index (κ3) is 4.97. The fourth-order valence-electron chi connectivity index (χ4n) is 5.84. The number of nitrogens with zero attached hydrogens (tertiary/aromatic N) is 4. The molecule has 2 fully saturated rings. The van der Waals surface area contributed by atoms with Gasteiger partial charge in [0.25, 0.3) is 0 Å². The Kier molecular flexibility index (Phi) is 6.59. The molecule has 0 unspecified atom stereocenters. The largest absolute Gasteiger partial charge is 0.491 e. The molecule has 8 nitrogen and oxygen atoms in total. The predicted molar refractivity (Wildman–Crippen MR) is 130 cm³/mol. The summed E-state index contributed by atoms with van der Waals surface area (Å²) in [5, 5.41) is 7.36. The number of fused-ring (bicyclic) bond motifs is 2. The lowest BCUT2D eigenvalue weighted by atomic mass is 9.80. The van der Waals surface area contributed by atoms with E-state index in [0.29, 0.717) is 30.9 Å². The number of rotatable bonds is 2. The molecule has 0 radical (unpaired) electrons. The van der Waals surface area contributed by atoms with Crippen LogP contribution in [-0.4, -0.2) is 70.2 Å². The van der Waals surface area contributed by atoms with Crippen molar-refractivity contribution in [2.24, 2.45) is 18.9 Å².